The number of benzene rings is 1. The normalized spacial score (nSPS) is 14.2. The van der Waals surface area contributed by atoms with Crippen LogP contribution in [-0.4, -0.2) is 65.3 Å². The molecule has 25 heavy (non-hydrogen) atoms. The van der Waals surface area contributed by atoms with Gasteiger partial charge in [0.1, 0.15) is 0 Å². The Kier molecular flexibility index (Phi) is 5.68. The first-order valence-corrected chi connectivity index (χ1v) is 7.75. The molecule has 1 aliphatic rings. The molecule has 1 heterocycles. The number of hydrogen-bond donors (Lipinski definition) is 0. The minimum absolute atomic E-state index is 0.0199. The van der Waals surface area contributed by atoms with Crippen molar-refractivity contribution in [3.63, 3.8) is 0 Å². The van der Waals surface area contributed by atoms with E-state index in [1.165, 1.54) is 24.0 Å². The van der Waals surface area contributed by atoms with Gasteiger partial charge in [-0.05, 0) is 13.0 Å². The average Bonchev–Trinajstić information content (AvgIpc) is 2.59. The van der Waals surface area contributed by atoms with Crippen molar-refractivity contribution < 1.29 is 24.0 Å². The molecule has 2 rings (SSSR count). The molecule has 0 bridgehead atoms. The summed E-state index contributed by atoms with van der Waals surface area (Å²) in [7, 11) is 0. The van der Waals surface area contributed by atoms with Crippen molar-refractivity contribution in [3.05, 3.63) is 39.4 Å². The van der Waals surface area contributed by atoms with Gasteiger partial charge in [-0.1, -0.05) is 6.07 Å². The highest BCUT2D eigenvalue weighted by Crippen LogP contribution is 2.19. The van der Waals surface area contributed by atoms with Gasteiger partial charge in [0.2, 0.25) is 5.91 Å². The van der Waals surface area contributed by atoms with Gasteiger partial charge in [-0.15, -0.1) is 0 Å². The minimum Gasteiger partial charge on any atom is -0.452 e. The van der Waals surface area contributed by atoms with Gasteiger partial charge < -0.3 is 14.5 Å². The molecule has 0 atom stereocenters. The zero-order chi connectivity index (χ0) is 18.6. The van der Waals surface area contributed by atoms with E-state index in [-0.39, 0.29) is 23.1 Å². The third-order valence-corrected chi connectivity index (χ3v) is 4.05. The van der Waals surface area contributed by atoms with Gasteiger partial charge >= 0.3 is 5.97 Å². The van der Waals surface area contributed by atoms with Gasteiger partial charge in [0, 0.05) is 44.7 Å². The summed E-state index contributed by atoms with van der Waals surface area (Å²) in [5, 5.41) is 10.9. The monoisotopic (exact) mass is 349 g/mol. The molecule has 0 spiro atoms. The second-order valence-electron chi connectivity index (χ2n) is 5.72. The summed E-state index contributed by atoms with van der Waals surface area (Å²) in [5.74, 6) is -1.20. The molecule has 1 fully saturated rings. The van der Waals surface area contributed by atoms with E-state index in [0.29, 0.717) is 31.7 Å². The predicted molar refractivity (Wildman–Crippen MR) is 86.9 cm³/mol. The number of esters is 1. The molecule has 1 aromatic carbocycles. The van der Waals surface area contributed by atoms with E-state index in [0.717, 1.165) is 6.07 Å². The zero-order valence-electron chi connectivity index (χ0n) is 14.1. The standard InChI is InChI=1S/C16H19N3O6/c1-11-3-4-13(9-14(11)19(23)24)16(22)25-10-15(21)18-7-5-17(6-8-18)12(2)20/h3-4,9H,5-8,10H2,1-2H3. The highest BCUT2D eigenvalue weighted by molar-refractivity contribution is 5.92. The van der Waals surface area contributed by atoms with Crippen molar-refractivity contribution in [3.8, 4) is 0 Å². The Bertz CT molecular complexity index is 710. The molecule has 1 aromatic rings. The molecule has 1 saturated heterocycles. The number of piperazine rings is 1. The molecule has 0 saturated carbocycles. The number of carbonyl (C=O) groups is 3. The summed E-state index contributed by atoms with van der Waals surface area (Å²) >= 11 is 0. The van der Waals surface area contributed by atoms with Crippen LogP contribution in [-0.2, 0) is 14.3 Å². The summed E-state index contributed by atoms with van der Waals surface area (Å²) in [5.41, 5.74) is 0.272. The first kappa shape index (κ1) is 18.4. The largest absolute Gasteiger partial charge is 0.452 e. The van der Waals surface area contributed by atoms with Crippen LogP contribution in [0.4, 0.5) is 5.69 Å². The Morgan fingerprint density at radius 1 is 1.16 bits per heavy atom. The van der Waals surface area contributed by atoms with Gasteiger partial charge in [-0.25, -0.2) is 4.79 Å². The maximum atomic E-state index is 12.1. The van der Waals surface area contributed by atoms with Gasteiger partial charge in [-0.2, -0.15) is 0 Å². The lowest BCUT2D eigenvalue weighted by Gasteiger charge is -2.34. The third kappa shape index (κ3) is 4.52. The van der Waals surface area contributed by atoms with E-state index in [4.69, 9.17) is 4.74 Å². The number of nitrogens with zero attached hydrogens (tertiary/aromatic N) is 3. The molecule has 0 aliphatic carbocycles. The molecule has 0 radical (unpaired) electrons. The molecule has 1 aliphatic heterocycles. The maximum Gasteiger partial charge on any atom is 0.338 e. The highest BCUT2D eigenvalue weighted by Gasteiger charge is 2.23. The number of carbonyl (C=O) groups excluding carboxylic acids is 3. The SMILES string of the molecule is CC(=O)N1CCN(C(=O)COC(=O)c2ccc(C)c([N+](=O)[O-])c2)CC1. The Morgan fingerprint density at radius 2 is 1.76 bits per heavy atom. The first-order valence-electron chi connectivity index (χ1n) is 7.75. The van der Waals surface area contributed by atoms with Crippen LogP contribution in [0.25, 0.3) is 0 Å². The average molecular weight is 349 g/mol. The van der Waals surface area contributed by atoms with Crippen LogP contribution in [0.2, 0.25) is 0 Å². The summed E-state index contributed by atoms with van der Waals surface area (Å²) in [4.78, 5) is 48.8. The smallest absolute Gasteiger partial charge is 0.338 e. The van der Waals surface area contributed by atoms with Crippen molar-refractivity contribution >= 4 is 23.5 Å². The first-order chi connectivity index (χ1) is 11.8. The number of aryl methyl sites for hydroxylation is 1. The summed E-state index contributed by atoms with van der Waals surface area (Å²) in [6, 6.07) is 4.01. The van der Waals surface area contributed by atoms with Crippen LogP contribution in [0.1, 0.15) is 22.8 Å². The molecule has 9 heteroatoms. The van der Waals surface area contributed by atoms with E-state index in [1.807, 2.05) is 0 Å². The van der Waals surface area contributed by atoms with Crippen molar-refractivity contribution in [1.82, 2.24) is 9.80 Å². The molecule has 0 N–H and O–H groups in total. The Hall–Kier alpha value is -2.97. The number of hydrogen-bond acceptors (Lipinski definition) is 6. The maximum absolute atomic E-state index is 12.1. The van der Waals surface area contributed by atoms with Crippen LogP contribution in [0.15, 0.2) is 18.2 Å². The van der Waals surface area contributed by atoms with E-state index in [9.17, 15) is 24.5 Å². The Labute approximate surface area is 144 Å². The fourth-order valence-electron chi connectivity index (χ4n) is 2.51. The lowest BCUT2D eigenvalue weighted by molar-refractivity contribution is -0.385. The van der Waals surface area contributed by atoms with E-state index in [2.05, 4.69) is 0 Å². The van der Waals surface area contributed by atoms with Crippen LogP contribution >= 0.6 is 0 Å². The molecule has 134 valence electrons. The minimum atomic E-state index is -0.793. The number of rotatable bonds is 4. The molecule has 0 aromatic heterocycles. The van der Waals surface area contributed by atoms with Crippen LogP contribution in [0, 0.1) is 17.0 Å². The number of nitro groups is 1. The zero-order valence-corrected chi connectivity index (χ0v) is 14.1. The van der Waals surface area contributed by atoms with E-state index < -0.39 is 17.5 Å². The van der Waals surface area contributed by atoms with Gasteiger partial charge in [0.15, 0.2) is 6.61 Å². The number of nitro benzene ring substituents is 1. The molecule has 2 amide bonds. The number of ether oxygens (including phenoxy) is 1. The van der Waals surface area contributed by atoms with Crippen molar-refractivity contribution in [1.29, 1.82) is 0 Å². The van der Waals surface area contributed by atoms with Crippen molar-refractivity contribution in [2.75, 3.05) is 32.8 Å². The molecule has 0 unspecified atom stereocenters. The summed E-state index contributed by atoms with van der Waals surface area (Å²) in [6.07, 6.45) is 0. The Morgan fingerprint density at radius 3 is 2.32 bits per heavy atom. The topological polar surface area (TPSA) is 110 Å². The second kappa shape index (κ2) is 7.73. The summed E-state index contributed by atoms with van der Waals surface area (Å²) in [6.45, 7) is 4.24. The van der Waals surface area contributed by atoms with Crippen LogP contribution in [0.5, 0.6) is 0 Å². The van der Waals surface area contributed by atoms with Gasteiger partial charge in [0.25, 0.3) is 11.6 Å². The predicted octanol–water partition coefficient (Wildman–Crippen LogP) is 0.751. The number of amides is 2. The van der Waals surface area contributed by atoms with Crippen LogP contribution in [0.3, 0.4) is 0 Å². The highest BCUT2D eigenvalue weighted by atomic mass is 16.6. The van der Waals surface area contributed by atoms with E-state index in [1.54, 1.807) is 11.8 Å². The van der Waals surface area contributed by atoms with Crippen molar-refractivity contribution in [2.24, 2.45) is 0 Å². The lowest BCUT2D eigenvalue weighted by atomic mass is 10.1. The molecular weight excluding hydrogens is 330 g/mol. The second-order valence-corrected chi connectivity index (χ2v) is 5.72. The van der Waals surface area contributed by atoms with Crippen molar-refractivity contribution in [2.45, 2.75) is 13.8 Å². The van der Waals surface area contributed by atoms with Gasteiger partial charge in [-0.3, -0.25) is 19.7 Å². The van der Waals surface area contributed by atoms with Gasteiger partial charge in [0.05, 0.1) is 10.5 Å². The third-order valence-electron chi connectivity index (χ3n) is 4.05. The molecule has 9 nitrogen and oxygen atoms in total. The Balaban J connectivity index is 1.90. The fraction of sp³-hybridized carbons (Fsp3) is 0.438. The fourth-order valence-corrected chi connectivity index (χ4v) is 2.51. The summed E-state index contributed by atoms with van der Waals surface area (Å²) < 4.78 is 4.96. The molecular formula is C16H19N3O6. The van der Waals surface area contributed by atoms with E-state index >= 15 is 0 Å². The quantitative estimate of drug-likeness (QED) is 0.451. The van der Waals surface area contributed by atoms with Crippen LogP contribution < -0.4 is 0 Å². The lowest BCUT2D eigenvalue weighted by Crippen LogP contribution is -2.51.